The van der Waals surface area contributed by atoms with Gasteiger partial charge in [0.2, 0.25) is 0 Å². The molecule has 2 aromatic carbocycles. The van der Waals surface area contributed by atoms with Gasteiger partial charge in [-0.2, -0.15) is 0 Å². The molecular weight excluding hydrogens is 348 g/mol. The van der Waals surface area contributed by atoms with E-state index in [4.69, 9.17) is 9.15 Å². The summed E-state index contributed by atoms with van der Waals surface area (Å²) in [6.07, 6.45) is -0.988. The largest absolute Gasteiger partial charge is 0.451 e. The highest BCUT2D eigenvalue weighted by Gasteiger charge is 2.21. The second-order valence-electron chi connectivity index (χ2n) is 6.19. The molecule has 0 aliphatic carbocycles. The van der Waals surface area contributed by atoms with Crippen LogP contribution >= 0.6 is 0 Å². The first-order valence-electron chi connectivity index (χ1n) is 8.59. The van der Waals surface area contributed by atoms with E-state index in [9.17, 15) is 14.4 Å². The molecule has 0 saturated carbocycles. The average Bonchev–Trinajstić information content (AvgIpc) is 2.97. The van der Waals surface area contributed by atoms with E-state index in [0.717, 1.165) is 5.56 Å². The smallest absolute Gasteiger partial charge is 0.420 e. The fraction of sp³-hybridized carbons (Fsp3) is 0.250. The Balaban J connectivity index is 1.61. The van der Waals surface area contributed by atoms with E-state index in [1.807, 2.05) is 37.3 Å². The molecule has 1 aromatic heterocycles. The number of para-hydroxylation sites is 2. The molecule has 3 rings (SSSR count). The van der Waals surface area contributed by atoms with Crippen LogP contribution in [-0.4, -0.2) is 22.5 Å². The van der Waals surface area contributed by atoms with Crippen LogP contribution in [0.3, 0.4) is 0 Å². The van der Waals surface area contributed by atoms with Gasteiger partial charge in [-0.25, -0.2) is 4.79 Å². The summed E-state index contributed by atoms with van der Waals surface area (Å²) in [5.74, 6) is -1.76. The highest BCUT2D eigenvalue weighted by molar-refractivity contribution is 5.84. The maximum absolute atomic E-state index is 12.3. The number of nitrogens with zero attached hydrogens (tertiary/aromatic N) is 1. The molecule has 0 bridgehead atoms. The summed E-state index contributed by atoms with van der Waals surface area (Å²) in [5.41, 5.74) is 1.83. The van der Waals surface area contributed by atoms with E-state index in [-0.39, 0.29) is 12.6 Å². The lowest BCUT2D eigenvalue weighted by Crippen LogP contribution is -2.38. The third-order valence-electron chi connectivity index (χ3n) is 4.20. The lowest BCUT2D eigenvalue weighted by atomic mass is 10.1. The summed E-state index contributed by atoms with van der Waals surface area (Å²) in [6.45, 7) is 3.00. The van der Waals surface area contributed by atoms with Gasteiger partial charge < -0.3 is 14.5 Å². The molecule has 2 unspecified atom stereocenters. The minimum atomic E-state index is -0.988. The maximum atomic E-state index is 12.3. The van der Waals surface area contributed by atoms with Gasteiger partial charge in [0.15, 0.2) is 11.7 Å². The van der Waals surface area contributed by atoms with Gasteiger partial charge in [-0.05, 0) is 31.5 Å². The minimum absolute atomic E-state index is 0.222. The summed E-state index contributed by atoms with van der Waals surface area (Å²) in [7, 11) is 0. The molecule has 3 aromatic rings. The zero-order valence-corrected chi connectivity index (χ0v) is 15.0. The zero-order valence-electron chi connectivity index (χ0n) is 15.0. The Morgan fingerprint density at radius 1 is 1.07 bits per heavy atom. The topological polar surface area (TPSA) is 90.5 Å². The van der Waals surface area contributed by atoms with Crippen LogP contribution < -0.4 is 11.1 Å². The fourth-order valence-electron chi connectivity index (χ4n) is 2.74. The van der Waals surface area contributed by atoms with Crippen LogP contribution in [0.4, 0.5) is 0 Å². The molecule has 0 radical (unpaired) electrons. The van der Waals surface area contributed by atoms with Crippen molar-refractivity contribution in [3.63, 3.8) is 0 Å². The normalized spacial score (nSPS) is 13.1. The molecule has 0 saturated heterocycles. The number of rotatable bonds is 6. The molecule has 27 heavy (non-hydrogen) atoms. The SMILES string of the molecule is CC(OC(=O)Cn1c(=O)oc2ccccc21)C(=O)NC(C)c1ccccc1. The molecule has 7 nitrogen and oxygen atoms in total. The van der Waals surface area contributed by atoms with Crippen LogP contribution in [-0.2, 0) is 20.9 Å². The Morgan fingerprint density at radius 2 is 1.74 bits per heavy atom. The number of carbonyl (C=O) groups excluding carboxylic acids is 2. The van der Waals surface area contributed by atoms with Crippen LogP contribution in [0.25, 0.3) is 11.1 Å². The van der Waals surface area contributed by atoms with Gasteiger partial charge in [0.25, 0.3) is 5.91 Å². The monoisotopic (exact) mass is 368 g/mol. The van der Waals surface area contributed by atoms with E-state index in [0.29, 0.717) is 11.1 Å². The third-order valence-corrected chi connectivity index (χ3v) is 4.20. The number of nitrogens with one attached hydrogen (secondary N) is 1. The summed E-state index contributed by atoms with van der Waals surface area (Å²) in [5, 5.41) is 2.80. The second-order valence-corrected chi connectivity index (χ2v) is 6.19. The zero-order chi connectivity index (χ0) is 19.4. The molecule has 0 aliphatic heterocycles. The van der Waals surface area contributed by atoms with E-state index >= 15 is 0 Å². The van der Waals surface area contributed by atoms with Crippen molar-refractivity contribution in [2.45, 2.75) is 32.5 Å². The summed E-state index contributed by atoms with van der Waals surface area (Å²) >= 11 is 0. The average molecular weight is 368 g/mol. The summed E-state index contributed by atoms with van der Waals surface area (Å²) < 4.78 is 11.4. The van der Waals surface area contributed by atoms with E-state index in [1.165, 1.54) is 11.5 Å². The molecule has 0 fully saturated rings. The van der Waals surface area contributed by atoms with Gasteiger partial charge in [0.1, 0.15) is 6.54 Å². The lowest BCUT2D eigenvalue weighted by Gasteiger charge is -2.18. The number of esters is 1. The lowest BCUT2D eigenvalue weighted by molar-refractivity contribution is -0.155. The van der Waals surface area contributed by atoms with Crippen molar-refractivity contribution < 1.29 is 18.7 Å². The Bertz CT molecular complexity index is 1010. The van der Waals surface area contributed by atoms with Gasteiger partial charge >= 0.3 is 11.7 Å². The van der Waals surface area contributed by atoms with Gasteiger partial charge in [0, 0.05) is 0 Å². The van der Waals surface area contributed by atoms with Gasteiger partial charge in [-0.15, -0.1) is 0 Å². The number of aromatic nitrogens is 1. The first-order chi connectivity index (χ1) is 13.0. The highest BCUT2D eigenvalue weighted by Crippen LogP contribution is 2.13. The van der Waals surface area contributed by atoms with E-state index in [2.05, 4.69) is 5.32 Å². The van der Waals surface area contributed by atoms with Crippen molar-refractivity contribution >= 4 is 23.0 Å². The molecule has 1 N–H and O–H groups in total. The molecule has 2 atom stereocenters. The number of hydrogen-bond donors (Lipinski definition) is 1. The Morgan fingerprint density at radius 3 is 2.48 bits per heavy atom. The molecule has 7 heteroatoms. The summed E-state index contributed by atoms with van der Waals surface area (Å²) in [6, 6.07) is 16.0. The molecule has 1 amide bonds. The van der Waals surface area contributed by atoms with Crippen molar-refractivity contribution in [3.8, 4) is 0 Å². The fourth-order valence-corrected chi connectivity index (χ4v) is 2.74. The molecule has 140 valence electrons. The standard InChI is InChI=1S/C20H20N2O5/c1-13(15-8-4-3-5-9-15)21-19(24)14(2)26-18(23)12-22-16-10-6-7-11-17(16)27-20(22)25/h3-11,13-14H,12H2,1-2H3,(H,21,24). The molecule has 1 heterocycles. The number of carbonyl (C=O) groups is 2. The molecular formula is C20H20N2O5. The van der Waals surface area contributed by atoms with E-state index < -0.39 is 23.7 Å². The third kappa shape index (κ3) is 4.25. The van der Waals surface area contributed by atoms with E-state index in [1.54, 1.807) is 24.3 Å². The number of fused-ring (bicyclic) bond motifs is 1. The van der Waals surface area contributed by atoms with Crippen molar-refractivity contribution in [2.24, 2.45) is 0 Å². The van der Waals surface area contributed by atoms with Crippen molar-refractivity contribution in [3.05, 3.63) is 70.7 Å². The van der Waals surface area contributed by atoms with Crippen LogP contribution in [0.1, 0.15) is 25.5 Å². The Labute approximate surface area is 155 Å². The van der Waals surface area contributed by atoms with Gasteiger partial charge in [-0.1, -0.05) is 42.5 Å². The van der Waals surface area contributed by atoms with Crippen molar-refractivity contribution in [1.29, 1.82) is 0 Å². The number of hydrogen-bond acceptors (Lipinski definition) is 5. The Hall–Kier alpha value is -3.35. The predicted octanol–water partition coefficient (Wildman–Crippen LogP) is 2.40. The first-order valence-corrected chi connectivity index (χ1v) is 8.59. The van der Waals surface area contributed by atoms with Crippen molar-refractivity contribution in [1.82, 2.24) is 9.88 Å². The number of benzene rings is 2. The van der Waals surface area contributed by atoms with Gasteiger partial charge in [0.05, 0.1) is 11.6 Å². The number of oxazole rings is 1. The second kappa shape index (κ2) is 7.90. The van der Waals surface area contributed by atoms with Crippen LogP contribution in [0.5, 0.6) is 0 Å². The van der Waals surface area contributed by atoms with Crippen molar-refractivity contribution in [2.75, 3.05) is 0 Å². The number of ether oxygens (including phenoxy) is 1. The van der Waals surface area contributed by atoms with Gasteiger partial charge in [-0.3, -0.25) is 14.2 Å². The minimum Gasteiger partial charge on any atom is -0.451 e. The van der Waals surface area contributed by atoms with Crippen LogP contribution in [0.2, 0.25) is 0 Å². The summed E-state index contributed by atoms with van der Waals surface area (Å²) in [4.78, 5) is 36.3. The Kier molecular flexibility index (Phi) is 5.40. The highest BCUT2D eigenvalue weighted by atomic mass is 16.5. The quantitative estimate of drug-likeness (QED) is 0.675. The number of amides is 1. The predicted molar refractivity (Wildman–Crippen MR) is 99.0 cm³/mol. The molecule has 0 spiro atoms. The first kappa shape index (κ1) is 18.4. The molecule has 0 aliphatic rings. The van der Waals surface area contributed by atoms with Crippen LogP contribution in [0.15, 0.2) is 63.8 Å². The van der Waals surface area contributed by atoms with Crippen LogP contribution in [0, 0.1) is 0 Å². The maximum Gasteiger partial charge on any atom is 0.420 e.